The highest BCUT2D eigenvalue weighted by molar-refractivity contribution is 14.1. The lowest BCUT2D eigenvalue weighted by Crippen LogP contribution is -2.43. The average molecular weight is 723 g/mol. The van der Waals surface area contributed by atoms with Crippen LogP contribution in [0.15, 0.2) is 60.7 Å². The predicted octanol–water partition coefficient (Wildman–Crippen LogP) is 7.59. The van der Waals surface area contributed by atoms with Crippen molar-refractivity contribution in [2.24, 2.45) is 0 Å². The molecule has 1 aliphatic heterocycles. The summed E-state index contributed by atoms with van der Waals surface area (Å²) in [5, 5.41) is 11.8. The number of phenolic OH excluding ortho intramolecular Hbond substituents is 1. The number of rotatable bonds is 9. The van der Waals surface area contributed by atoms with E-state index in [-0.39, 0.29) is 48.6 Å². The van der Waals surface area contributed by atoms with Crippen molar-refractivity contribution in [1.82, 2.24) is 4.90 Å². The molecule has 1 aliphatic rings. The number of esters is 1. The molecule has 0 saturated heterocycles. The molecule has 3 aromatic carbocycles. The van der Waals surface area contributed by atoms with Crippen molar-refractivity contribution < 1.29 is 24.2 Å². The van der Waals surface area contributed by atoms with Crippen molar-refractivity contribution >= 4 is 69.3 Å². The van der Waals surface area contributed by atoms with E-state index in [1.807, 2.05) is 39.0 Å². The molecule has 7 nitrogen and oxygen atoms in total. The van der Waals surface area contributed by atoms with E-state index < -0.39 is 11.6 Å². The van der Waals surface area contributed by atoms with Crippen molar-refractivity contribution in [2.45, 2.75) is 58.1 Å². The number of benzene rings is 3. The number of nitrogens with zero attached hydrogens (tertiary/aromatic N) is 2. The zero-order valence-electron chi connectivity index (χ0n) is 23.7. The number of aromatic hydroxyl groups is 1. The molecular formula is C32H33Cl2IN2O5. The van der Waals surface area contributed by atoms with E-state index in [9.17, 15) is 19.5 Å². The monoisotopic (exact) mass is 722 g/mol. The van der Waals surface area contributed by atoms with Crippen LogP contribution >= 0.6 is 45.8 Å². The second kappa shape index (κ2) is 13.7. The van der Waals surface area contributed by atoms with Gasteiger partial charge in [-0.3, -0.25) is 14.4 Å². The molecule has 0 fully saturated rings. The van der Waals surface area contributed by atoms with Crippen LogP contribution in [-0.4, -0.2) is 46.5 Å². The highest BCUT2D eigenvalue weighted by Crippen LogP contribution is 2.39. The van der Waals surface area contributed by atoms with Crippen molar-refractivity contribution in [3.63, 3.8) is 0 Å². The SMILES string of the molecule is CC(C)(C)OC(=O)CCCCN1C(=O)[C@H](c2ccc(Cl)cc2O)N(CCc2ccc(Cl)cc2)C(=O)c2cc(I)ccc21. The van der Waals surface area contributed by atoms with Gasteiger partial charge < -0.3 is 19.6 Å². The summed E-state index contributed by atoms with van der Waals surface area (Å²) in [5.41, 5.74) is 1.56. The summed E-state index contributed by atoms with van der Waals surface area (Å²) in [6.07, 6.45) is 1.70. The molecule has 1 N–H and O–H groups in total. The first-order chi connectivity index (χ1) is 19.8. The smallest absolute Gasteiger partial charge is 0.306 e. The van der Waals surface area contributed by atoms with Gasteiger partial charge >= 0.3 is 5.97 Å². The summed E-state index contributed by atoms with van der Waals surface area (Å²) >= 11 is 14.3. The first kappa shape index (κ1) is 32.1. The van der Waals surface area contributed by atoms with Crippen LogP contribution in [-0.2, 0) is 20.7 Å². The molecule has 42 heavy (non-hydrogen) atoms. The maximum absolute atomic E-state index is 14.4. The third-order valence-electron chi connectivity index (χ3n) is 6.83. The highest BCUT2D eigenvalue weighted by atomic mass is 127. The van der Waals surface area contributed by atoms with E-state index in [4.69, 9.17) is 27.9 Å². The fraction of sp³-hybridized carbons (Fsp3) is 0.344. The molecule has 0 unspecified atom stereocenters. The van der Waals surface area contributed by atoms with Gasteiger partial charge in [-0.1, -0.05) is 41.4 Å². The minimum Gasteiger partial charge on any atom is -0.508 e. The second-order valence-corrected chi connectivity index (χ2v) is 13.3. The fourth-order valence-corrected chi connectivity index (χ4v) is 5.71. The van der Waals surface area contributed by atoms with E-state index in [1.165, 1.54) is 11.0 Å². The number of phenols is 1. The zero-order valence-corrected chi connectivity index (χ0v) is 27.4. The van der Waals surface area contributed by atoms with Crippen LogP contribution in [0, 0.1) is 3.57 Å². The summed E-state index contributed by atoms with van der Waals surface area (Å²) in [6, 6.07) is 16.2. The van der Waals surface area contributed by atoms with Gasteiger partial charge in [-0.05, 0) is 111 Å². The Balaban J connectivity index is 1.70. The van der Waals surface area contributed by atoms with Crippen molar-refractivity contribution in [2.75, 3.05) is 18.0 Å². The van der Waals surface area contributed by atoms with Crippen molar-refractivity contribution in [1.29, 1.82) is 0 Å². The number of carbonyl (C=O) groups is 3. The topological polar surface area (TPSA) is 87.2 Å². The Labute approximate surface area is 269 Å². The predicted molar refractivity (Wildman–Crippen MR) is 173 cm³/mol. The largest absolute Gasteiger partial charge is 0.508 e. The Morgan fingerprint density at radius 2 is 1.64 bits per heavy atom. The molecule has 10 heteroatoms. The molecule has 2 amide bonds. The Hall–Kier alpha value is -2.82. The lowest BCUT2D eigenvalue weighted by atomic mass is 10.0. The Morgan fingerprint density at radius 1 is 0.952 bits per heavy atom. The van der Waals surface area contributed by atoms with Crippen LogP contribution in [0.25, 0.3) is 0 Å². The summed E-state index contributed by atoms with van der Waals surface area (Å²) in [6.45, 7) is 5.96. The van der Waals surface area contributed by atoms with Gasteiger partial charge in [-0.25, -0.2) is 0 Å². The number of fused-ring (bicyclic) bond motifs is 1. The van der Waals surface area contributed by atoms with Crippen LogP contribution in [0.3, 0.4) is 0 Å². The Bertz CT molecular complexity index is 1470. The highest BCUT2D eigenvalue weighted by Gasteiger charge is 2.41. The van der Waals surface area contributed by atoms with Crippen LogP contribution in [0.4, 0.5) is 5.69 Å². The van der Waals surface area contributed by atoms with E-state index in [2.05, 4.69) is 22.6 Å². The van der Waals surface area contributed by atoms with Crippen LogP contribution in [0.2, 0.25) is 10.0 Å². The normalized spacial score (nSPS) is 15.4. The van der Waals surface area contributed by atoms with Gasteiger partial charge in [-0.2, -0.15) is 0 Å². The standard InChI is InChI=1S/C32H33Cl2IN2O5/c1-32(2,3)42-28(39)6-4-5-16-36-26-14-12-23(35)19-25(26)30(40)37(17-15-20-7-9-21(33)10-8-20)29(31(36)41)24-13-11-22(34)18-27(24)38/h7-14,18-19,29,38H,4-6,15-17H2,1-3H3/t29-/m0/s1. The fourth-order valence-electron chi connectivity index (χ4n) is 4.93. The summed E-state index contributed by atoms with van der Waals surface area (Å²) in [7, 11) is 0. The summed E-state index contributed by atoms with van der Waals surface area (Å²) < 4.78 is 6.27. The molecule has 4 rings (SSSR count). The number of anilines is 1. The summed E-state index contributed by atoms with van der Waals surface area (Å²) in [4.78, 5) is 44.0. The van der Waals surface area contributed by atoms with Gasteiger partial charge in [0.15, 0.2) is 0 Å². The number of ether oxygens (including phenoxy) is 1. The van der Waals surface area contributed by atoms with Gasteiger partial charge in [0.25, 0.3) is 11.8 Å². The van der Waals surface area contributed by atoms with Gasteiger partial charge in [0.05, 0.1) is 11.3 Å². The quantitative estimate of drug-likeness (QED) is 0.140. The maximum Gasteiger partial charge on any atom is 0.306 e. The van der Waals surface area contributed by atoms with Crippen molar-refractivity contribution in [3.05, 3.63) is 91.0 Å². The van der Waals surface area contributed by atoms with E-state index >= 15 is 0 Å². The molecule has 222 valence electrons. The average Bonchev–Trinajstić information content (AvgIpc) is 2.98. The molecule has 0 aromatic heterocycles. The molecule has 1 heterocycles. The third-order valence-corrected chi connectivity index (χ3v) is 7.98. The number of unbranched alkanes of at least 4 members (excludes halogenated alkanes) is 1. The molecular weight excluding hydrogens is 690 g/mol. The summed E-state index contributed by atoms with van der Waals surface area (Å²) in [5.74, 6) is -1.14. The van der Waals surface area contributed by atoms with E-state index in [0.29, 0.717) is 40.6 Å². The first-order valence-electron chi connectivity index (χ1n) is 13.7. The molecule has 0 bridgehead atoms. The molecule has 0 saturated carbocycles. The lowest BCUT2D eigenvalue weighted by molar-refractivity contribution is -0.154. The third kappa shape index (κ3) is 7.96. The molecule has 0 radical (unpaired) electrons. The molecule has 0 aliphatic carbocycles. The van der Waals surface area contributed by atoms with Crippen LogP contribution in [0.1, 0.15) is 67.6 Å². The number of amides is 2. The first-order valence-corrected chi connectivity index (χ1v) is 15.5. The minimum absolute atomic E-state index is 0.171. The molecule has 0 spiro atoms. The number of hydrogen-bond donors (Lipinski definition) is 1. The van der Waals surface area contributed by atoms with Gasteiger partial charge in [0.1, 0.15) is 17.4 Å². The van der Waals surface area contributed by atoms with Gasteiger partial charge in [0, 0.05) is 38.7 Å². The van der Waals surface area contributed by atoms with E-state index in [0.717, 1.165) is 9.13 Å². The number of hydrogen-bond acceptors (Lipinski definition) is 5. The van der Waals surface area contributed by atoms with E-state index in [1.54, 1.807) is 41.3 Å². The second-order valence-electron chi connectivity index (χ2n) is 11.2. The van der Waals surface area contributed by atoms with Crippen molar-refractivity contribution in [3.8, 4) is 5.75 Å². The Kier molecular flexibility index (Phi) is 10.4. The molecule has 3 aromatic rings. The lowest BCUT2D eigenvalue weighted by Gasteiger charge is -2.32. The Morgan fingerprint density at radius 3 is 2.31 bits per heavy atom. The number of carbonyl (C=O) groups excluding carboxylic acids is 3. The van der Waals surface area contributed by atoms with Gasteiger partial charge in [0.2, 0.25) is 0 Å². The van der Waals surface area contributed by atoms with Gasteiger partial charge in [-0.15, -0.1) is 0 Å². The van der Waals surface area contributed by atoms with Crippen LogP contribution in [0.5, 0.6) is 5.75 Å². The van der Waals surface area contributed by atoms with Crippen LogP contribution < -0.4 is 4.90 Å². The minimum atomic E-state index is -1.10. The number of halogens is 3. The maximum atomic E-state index is 14.4. The zero-order chi connectivity index (χ0) is 30.6. The molecule has 1 atom stereocenters.